The van der Waals surface area contributed by atoms with Gasteiger partial charge in [0.2, 0.25) is 5.78 Å². The van der Waals surface area contributed by atoms with E-state index in [-0.39, 0.29) is 18.2 Å². The summed E-state index contributed by atoms with van der Waals surface area (Å²) in [5.74, 6) is -0.184. The van der Waals surface area contributed by atoms with Crippen molar-refractivity contribution in [3.05, 3.63) is 63.4 Å². The number of rotatable bonds is 4. The molecule has 5 heteroatoms. The number of hydrogen-bond acceptors (Lipinski definition) is 2. The molecule has 0 atom stereocenters. The quantitative estimate of drug-likeness (QED) is 0.765. The summed E-state index contributed by atoms with van der Waals surface area (Å²) in [5.41, 5.74) is 0.758. The van der Waals surface area contributed by atoms with Gasteiger partial charge in [-0.05, 0) is 48.9 Å². The summed E-state index contributed by atoms with van der Waals surface area (Å²) in [4.78, 5) is 12.0. The Morgan fingerprint density at radius 2 is 1.95 bits per heavy atom. The molecule has 0 amide bonds. The number of aryl methyl sites for hydroxylation is 1. The van der Waals surface area contributed by atoms with Crippen LogP contribution in [0.3, 0.4) is 0 Å². The van der Waals surface area contributed by atoms with Gasteiger partial charge in [-0.2, -0.15) is 0 Å². The minimum Gasteiger partial charge on any atom is -0.485 e. The highest BCUT2D eigenvalue weighted by Crippen LogP contribution is 2.22. The number of benzene rings is 2. The van der Waals surface area contributed by atoms with Crippen molar-refractivity contribution in [1.82, 2.24) is 0 Å². The monoisotopic (exact) mass is 312 g/mol. The van der Waals surface area contributed by atoms with Crippen LogP contribution >= 0.6 is 23.2 Å². The zero-order valence-corrected chi connectivity index (χ0v) is 12.1. The lowest BCUT2D eigenvalue weighted by molar-refractivity contribution is 0.0921. The Bertz CT molecular complexity index is 656. The molecule has 0 saturated heterocycles. The van der Waals surface area contributed by atoms with E-state index in [0.717, 1.165) is 0 Å². The number of carbonyl (C=O) groups is 1. The molecule has 2 aromatic carbocycles. The molecule has 0 aliphatic carbocycles. The van der Waals surface area contributed by atoms with Crippen molar-refractivity contribution < 1.29 is 13.9 Å². The van der Waals surface area contributed by atoms with Crippen LogP contribution in [0.5, 0.6) is 5.75 Å². The fourth-order valence-electron chi connectivity index (χ4n) is 1.64. The Labute approximate surface area is 126 Å². The maximum Gasteiger partial charge on any atom is 0.201 e. The van der Waals surface area contributed by atoms with Gasteiger partial charge in [-0.3, -0.25) is 4.79 Å². The highest BCUT2D eigenvalue weighted by Gasteiger charge is 2.12. The maximum atomic E-state index is 13.1. The van der Waals surface area contributed by atoms with E-state index < -0.39 is 0 Å². The van der Waals surface area contributed by atoms with E-state index in [1.54, 1.807) is 19.1 Å². The van der Waals surface area contributed by atoms with Crippen LogP contribution in [-0.2, 0) is 0 Å². The lowest BCUT2D eigenvalue weighted by atomic mass is 10.1. The van der Waals surface area contributed by atoms with Crippen LogP contribution in [0.15, 0.2) is 36.4 Å². The van der Waals surface area contributed by atoms with Gasteiger partial charge in [0.1, 0.15) is 11.6 Å². The molecule has 2 aromatic rings. The molecule has 0 heterocycles. The minimum absolute atomic E-state index is 0.189. The van der Waals surface area contributed by atoms with Gasteiger partial charge >= 0.3 is 0 Å². The molecule has 0 aromatic heterocycles. The van der Waals surface area contributed by atoms with Crippen molar-refractivity contribution in [2.45, 2.75) is 6.92 Å². The number of ketones is 1. The highest BCUT2D eigenvalue weighted by atomic mass is 35.5. The Balaban J connectivity index is 2.08. The largest absolute Gasteiger partial charge is 0.485 e. The van der Waals surface area contributed by atoms with E-state index >= 15 is 0 Å². The van der Waals surface area contributed by atoms with Crippen LogP contribution < -0.4 is 4.74 Å². The Hall–Kier alpha value is -1.58. The molecule has 20 heavy (non-hydrogen) atoms. The summed E-state index contributed by atoms with van der Waals surface area (Å²) in [6.07, 6.45) is 0. The van der Waals surface area contributed by atoms with Crippen molar-refractivity contribution in [3.63, 3.8) is 0 Å². The van der Waals surface area contributed by atoms with Gasteiger partial charge in [0.15, 0.2) is 6.61 Å². The zero-order chi connectivity index (χ0) is 14.7. The van der Waals surface area contributed by atoms with E-state index in [2.05, 4.69) is 0 Å². The average molecular weight is 313 g/mol. The van der Waals surface area contributed by atoms with Gasteiger partial charge in [-0.15, -0.1) is 0 Å². The number of Topliss-reactive ketones (excluding diaryl/α,β-unsaturated/α-hetero) is 1. The molecule has 0 aliphatic heterocycles. The van der Waals surface area contributed by atoms with Crippen LogP contribution in [0.1, 0.15) is 15.9 Å². The first-order valence-electron chi connectivity index (χ1n) is 5.84. The second-order valence-corrected chi connectivity index (χ2v) is 5.09. The number of ether oxygens (including phenoxy) is 1. The van der Waals surface area contributed by atoms with E-state index in [0.29, 0.717) is 26.9 Å². The summed E-state index contributed by atoms with van der Waals surface area (Å²) in [6.45, 7) is 1.43. The van der Waals surface area contributed by atoms with Crippen molar-refractivity contribution >= 4 is 29.0 Å². The molecule has 0 radical (unpaired) electrons. The van der Waals surface area contributed by atoms with Gasteiger partial charge in [0.05, 0.1) is 5.02 Å². The second-order valence-electron chi connectivity index (χ2n) is 4.25. The van der Waals surface area contributed by atoms with Gasteiger partial charge < -0.3 is 4.74 Å². The predicted octanol–water partition coefficient (Wildman–Crippen LogP) is 4.70. The predicted molar refractivity (Wildman–Crippen MR) is 77.4 cm³/mol. The van der Waals surface area contributed by atoms with Crippen molar-refractivity contribution in [1.29, 1.82) is 0 Å². The Morgan fingerprint density at radius 3 is 2.65 bits per heavy atom. The molecule has 0 N–H and O–H groups in total. The summed E-state index contributed by atoms with van der Waals surface area (Å²) >= 11 is 11.8. The Morgan fingerprint density at radius 1 is 1.20 bits per heavy atom. The van der Waals surface area contributed by atoms with Crippen LogP contribution in [0.2, 0.25) is 10.0 Å². The van der Waals surface area contributed by atoms with E-state index in [1.807, 2.05) is 0 Å². The SMILES string of the molecule is Cc1cc(OCC(=O)c2cc(Cl)ccc2Cl)ccc1F. The van der Waals surface area contributed by atoms with E-state index in [9.17, 15) is 9.18 Å². The molecule has 0 bridgehead atoms. The van der Waals surface area contributed by atoms with Crippen LogP contribution in [0.25, 0.3) is 0 Å². The molecular weight excluding hydrogens is 302 g/mol. The van der Waals surface area contributed by atoms with Gasteiger partial charge in [0, 0.05) is 10.6 Å². The minimum atomic E-state index is -0.318. The highest BCUT2D eigenvalue weighted by molar-refractivity contribution is 6.35. The summed E-state index contributed by atoms with van der Waals surface area (Å²) in [6, 6.07) is 8.94. The molecule has 0 aliphatic rings. The van der Waals surface area contributed by atoms with Crippen molar-refractivity contribution in [3.8, 4) is 5.75 Å². The smallest absolute Gasteiger partial charge is 0.201 e. The second kappa shape index (κ2) is 6.25. The van der Waals surface area contributed by atoms with Crippen LogP contribution in [0.4, 0.5) is 4.39 Å². The lowest BCUT2D eigenvalue weighted by Crippen LogP contribution is -2.12. The maximum absolute atomic E-state index is 13.1. The van der Waals surface area contributed by atoms with Crippen LogP contribution in [-0.4, -0.2) is 12.4 Å². The average Bonchev–Trinajstić information content (AvgIpc) is 2.42. The summed E-state index contributed by atoms with van der Waals surface area (Å²) in [5, 5.41) is 0.744. The van der Waals surface area contributed by atoms with Crippen LogP contribution in [0, 0.1) is 12.7 Å². The Kier molecular flexibility index (Phi) is 4.63. The van der Waals surface area contributed by atoms with Crippen molar-refractivity contribution in [2.75, 3.05) is 6.61 Å². The first-order chi connectivity index (χ1) is 9.47. The molecule has 104 valence electrons. The zero-order valence-electron chi connectivity index (χ0n) is 10.6. The summed E-state index contributed by atoms with van der Waals surface area (Å²) in [7, 11) is 0. The third-order valence-corrected chi connectivity index (χ3v) is 3.29. The summed E-state index contributed by atoms with van der Waals surface area (Å²) < 4.78 is 18.4. The number of hydrogen-bond donors (Lipinski definition) is 0. The molecule has 0 unspecified atom stereocenters. The van der Waals surface area contributed by atoms with E-state index in [4.69, 9.17) is 27.9 Å². The van der Waals surface area contributed by atoms with Crippen molar-refractivity contribution in [2.24, 2.45) is 0 Å². The first kappa shape index (κ1) is 14.8. The third kappa shape index (κ3) is 3.50. The fraction of sp³-hybridized carbons (Fsp3) is 0.133. The first-order valence-corrected chi connectivity index (χ1v) is 6.60. The van der Waals surface area contributed by atoms with Gasteiger partial charge in [-0.1, -0.05) is 23.2 Å². The molecule has 0 spiro atoms. The molecule has 0 saturated carbocycles. The number of carbonyl (C=O) groups excluding carboxylic acids is 1. The van der Waals surface area contributed by atoms with Gasteiger partial charge in [0.25, 0.3) is 0 Å². The molecule has 0 fully saturated rings. The third-order valence-electron chi connectivity index (χ3n) is 2.73. The molecular formula is C15H11Cl2FO2. The fourth-order valence-corrected chi connectivity index (χ4v) is 2.04. The standard InChI is InChI=1S/C15H11Cl2FO2/c1-9-6-11(3-5-14(9)18)20-8-15(19)12-7-10(16)2-4-13(12)17/h2-7H,8H2,1H3. The lowest BCUT2D eigenvalue weighted by Gasteiger charge is -2.08. The van der Waals surface area contributed by atoms with Gasteiger partial charge in [-0.25, -0.2) is 4.39 Å². The number of halogens is 3. The topological polar surface area (TPSA) is 26.3 Å². The molecule has 2 nitrogen and oxygen atoms in total. The normalized spacial score (nSPS) is 10.4. The molecule has 2 rings (SSSR count). The van der Waals surface area contributed by atoms with E-state index in [1.165, 1.54) is 24.3 Å².